The van der Waals surface area contributed by atoms with Crippen molar-refractivity contribution in [2.75, 3.05) is 20.6 Å². The lowest BCUT2D eigenvalue weighted by Crippen LogP contribution is -2.22. The zero-order valence-corrected chi connectivity index (χ0v) is 14.5. The Labute approximate surface area is 154 Å². The van der Waals surface area contributed by atoms with E-state index in [-0.39, 0.29) is 18.4 Å². The lowest BCUT2D eigenvalue weighted by atomic mass is 10.0. The lowest BCUT2D eigenvalue weighted by Gasteiger charge is -2.25. The Morgan fingerprint density at radius 1 is 0.958 bits per heavy atom. The molecule has 0 saturated heterocycles. The van der Waals surface area contributed by atoms with Gasteiger partial charge in [0.05, 0.1) is 6.61 Å². The molecule has 3 heteroatoms. The van der Waals surface area contributed by atoms with Crippen LogP contribution < -0.4 is 4.74 Å². The molecule has 0 N–H and O–H groups in total. The van der Waals surface area contributed by atoms with Crippen molar-refractivity contribution in [2.45, 2.75) is 12.5 Å². The predicted octanol–water partition coefficient (Wildman–Crippen LogP) is 5.33. The number of fused-ring (bicyclic) bond motifs is 1. The Balaban J connectivity index is 0.00000261. The Hall–Kier alpha value is -2.03. The predicted molar refractivity (Wildman–Crippen MR) is 104 cm³/mol. The Morgan fingerprint density at radius 3 is 2.46 bits per heavy atom. The van der Waals surface area contributed by atoms with Gasteiger partial charge in [0.1, 0.15) is 5.75 Å². The SMILES string of the molecule is Cl.[2H]C([2H])([2H])N(C)C(CCOc1cccc2ccccc12)c1ccccc1. The molecule has 0 aliphatic heterocycles. The maximum absolute atomic E-state index is 7.74. The van der Waals surface area contributed by atoms with Crippen LogP contribution in [0.3, 0.4) is 0 Å². The highest BCUT2D eigenvalue weighted by molar-refractivity contribution is 5.88. The maximum atomic E-state index is 7.74. The molecular formula is C21H24ClNO. The number of hydrogen-bond acceptors (Lipinski definition) is 2. The molecule has 3 aromatic carbocycles. The van der Waals surface area contributed by atoms with Gasteiger partial charge in [-0.2, -0.15) is 0 Å². The molecule has 0 saturated carbocycles. The van der Waals surface area contributed by atoms with Crippen LogP contribution in [0.1, 0.15) is 22.1 Å². The molecule has 1 atom stereocenters. The van der Waals surface area contributed by atoms with E-state index in [0.29, 0.717) is 13.0 Å². The van der Waals surface area contributed by atoms with Crippen LogP contribution in [-0.2, 0) is 0 Å². The molecule has 0 spiro atoms. The second-order valence-corrected chi connectivity index (χ2v) is 5.65. The average Bonchev–Trinajstić information content (AvgIpc) is 2.65. The average molecular weight is 345 g/mol. The number of hydrogen-bond donors (Lipinski definition) is 0. The van der Waals surface area contributed by atoms with Gasteiger partial charge >= 0.3 is 0 Å². The summed E-state index contributed by atoms with van der Waals surface area (Å²) in [5, 5.41) is 2.19. The van der Waals surface area contributed by atoms with E-state index in [1.165, 1.54) is 4.90 Å². The van der Waals surface area contributed by atoms with Crippen LogP contribution in [0.4, 0.5) is 0 Å². The fourth-order valence-electron chi connectivity index (χ4n) is 2.86. The first-order valence-corrected chi connectivity index (χ1v) is 7.85. The molecular weight excluding hydrogens is 318 g/mol. The number of halogens is 1. The van der Waals surface area contributed by atoms with Gasteiger partial charge in [0.25, 0.3) is 0 Å². The van der Waals surface area contributed by atoms with E-state index < -0.39 is 6.98 Å². The van der Waals surface area contributed by atoms with Crippen LogP contribution in [-0.4, -0.2) is 25.5 Å². The first kappa shape index (κ1) is 14.3. The molecule has 3 rings (SSSR count). The Morgan fingerprint density at radius 2 is 1.67 bits per heavy atom. The van der Waals surface area contributed by atoms with Gasteiger partial charge in [-0.05, 0) is 31.0 Å². The number of rotatable bonds is 6. The van der Waals surface area contributed by atoms with E-state index in [9.17, 15) is 0 Å². The van der Waals surface area contributed by atoms with Gasteiger partial charge in [0, 0.05) is 22.0 Å². The van der Waals surface area contributed by atoms with Crippen molar-refractivity contribution < 1.29 is 8.85 Å². The van der Waals surface area contributed by atoms with E-state index >= 15 is 0 Å². The van der Waals surface area contributed by atoms with Crippen molar-refractivity contribution >= 4 is 23.2 Å². The topological polar surface area (TPSA) is 12.5 Å². The van der Waals surface area contributed by atoms with Gasteiger partial charge < -0.3 is 9.64 Å². The largest absolute Gasteiger partial charge is 0.493 e. The van der Waals surface area contributed by atoms with Crippen LogP contribution in [0, 0.1) is 0 Å². The third-order valence-electron chi connectivity index (χ3n) is 4.05. The van der Waals surface area contributed by atoms with E-state index in [4.69, 9.17) is 8.85 Å². The zero-order chi connectivity index (χ0) is 18.6. The maximum Gasteiger partial charge on any atom is 0.127 e. The molecule has 0 aromatic heterocycles. The Kier molecular flexibility index (Phi) is 5.20. The smallest absolute Gasteiger partial charge is 0.127 e. The lowest BCUT2D eigenvalue weighted by molar-refractivity contribution is 0.225. The highest BCUT2D eigenvalue weighted by Crippen LogP contribution is 2.27. The van der Waals surface area contributed by atoms with Crippen LogP contribution >= 0.6 is 12.4 Å². The highest BCUT2D eigenvalue weighted by atomic mass is 35.5. The fourth-order valence-corrected chi connectivity index (χ4v) is 2.86. The van der Waals surface area contributed by atoms with Crippen LogP contribution in [0.15, 0.2) is 72.8 Å². The monoisotopic (exact) mass is 344 g/mol. The van der Waals surface area contributed by atoms with Crippen molar-refractivity contribution in [3.8, 4) is 5.75 Å². The molecule has 3 aromatic rings. The van der Waals surface area contributed by atoms with Crippen molar-refractivity contribution in [1.29, 1.82) is 0 Å². The first-order chi connectivity index (χ1) is 12.5. The van der Waals surface area contributed by atoms with Crippen molar-refractivity contribution in [2.24, 2.45) is 0 Å². The third kappa shape index (κ3) is 4.28. The number of benzene rings is 3. The van der Waals surface area contributed by atoms with E-state index in [1.54, 1.807) is 7.05 Å². The quantitative estimate of drug-likeness (QED) is 0.599. The molecule has 126 valence electrons. The standard InChI is InChI=1S/C21H23NO.ClH/c1-22(2)20(18-10-4-3-5-11-18)15-16-23-21-14-8-12-17-9-6-7-13-19(17)21;/h3-14,20H,15-16H2,1-2H3;1H/i1D3;. The molecule has 0 fully saturated rings. The van der Waals surface area contributed by atoms with Crippen LogP contribution in [0.25, 0.3) is 10.8 Å². The molecule has 0 bridgehead atoms. The molecule has 2 nitrogen and oxygen atoms in total. The van der Waals surface area contributed by atoms with Crippen LogP contribution in [0.2, 0.25) is 0 Å². The molecule has 0 amide bonds. The normalized spacial score (nSPS) is 14.3. The Bertz CT molecular complexity index is 849. The summed E-state index contributed by atoms with van der Waals surface area (Å²) in [6, 6.07) is 23.5. The molecule has 24 heavy (non-hydrogen) atoms. The zero-order valence-electron chi connectivity index (χ0n) is 16.7. The van der Waals surface area contributed by atoms with Crippen molar-refractivity contribution in [1.82, 2.24) is 4.90 Å². The van der Waals surface area contributed by atoms with Crippen molar-refractivity contribution in [3.63, 3.8) is 0 Å². The molecule has 0 heterocycles. The van der Waals surface area contributed by atoms with Gasteiger partial charge in [-0.25, -0.2) is 0 Å². The first-order valence-electron chi connectivity index (χ1n) is 9.35. The second kappa shape index (κ2) is 8.72. The van der Waals surface area contributed by atoms with Gasteiger partial charge in [-0.1, -0.05) is 66.7 Å². The van der Waals surface area contributed by atoms with E-state index in [2.05, 4.69) is 12.1 Å². The molecule has 0 aliphatic carbocycles. The van der Waals surface area contributed by atoms with Gasteiger partial charge in [0.15, 0.2) is 0 Å². The van der Waals surface area contributed by atoms with Gasteiger partial charge in [-0.15, -0.1) is 12.4 Å². The summed E-state index contributed by atoms with van der Waals surface area (Å²) in [5.41, 5.74) is 0.979. The summed E-state index contributed by atoms with van der Waals surface area (Å²) < 4.78 is 29.3. The minimum Gasteiger partial charge on any atom is -0.493 e. The van der Waals surface area contributed by atoms with Gasteiger partial charge in [0.2, 0.25) is 0 Å². The minimum atomic E-state index is -2.15. The summed E-state index contributed by atoms with van der Waals surface area (Å²) in [5.74, 6) is 0.825. The fraction of sp³-hybridized carbons (Fsp3) is 0.238. The molecule has 0 radical (unpaired) electrons. The highest BCUT2D eigenvalue weighted by Gasteiger charge is 2.14. The summed E-state index contributed by atoms with van der Waals surface area (Å²) in [6.07, 6.45) is 0.585. The van der Waals surface area contributed by atoms with Crippen LogP contribution in [0.5, 0.6) is 5.75 Å². The van der Waals surface area contributed by atoms with E-state index in [1.807, 2.05) is 60.7 Å². The number of nitrogens with zero attached hydrogens (tertiary/aromatic N) is 1. The van der Waals surface area contributed by atoms with Gasteiger partial charge in [-0.3, -0.25) is 0 Å². The summed E-state index contributed by atoms with van der Waals surface area (Å²) >= 11 is 0. The van der Waals surface area contributed by atoms with E-state index in [0.717, 1.165) is 22.1 Å². The number of ether oxygens (including phenoxy) is 1. The molecule has 1 unspecified atom stereocenters. The summed E-state index contributed by atoms with van der Waals surface area (Å²) in [6.45, 7) is -1.71. The summed E-state index contributed by atoms with van der Waals surface area (Å²) in [7, 11) is 1.64. The van der Waals surface area contributed by atoms with Crippen molar-refractivity contribution in [3.05, 3.63) is 78.4 Å². The second-order valence-electron chi connectivity index (χ2n) is 5.65. The minimum absolute atomic E-state index is 0. The molecule has 0 aliphatic rings. The third-order valence-corrected chi connectivity index (χ3v) is 4.05. The summed E-state index contributed by atoms with van der Waals surface area (Å²) in [4.78, 5) is 1.44.